The highest BCUT2D eigenvalue weighted by Crippen LogP contribution is 2.17. The van der Waals surface area contributed by atoms with Crippen LogP contribution < -0.4 is 92.9 Å². The number of hydrogen-bond acceptors (Lipinski definition) is 20. The lowest BCUT2D eigenvalue weighted by atomic mass is 9.94. The van der Waals surface area contributed by atoms with Gasteiger partial charge in [-0.15, -0.1) is 0 Å². The maximum atomic E-state index is 14.5. The van der Waals surface area contributed by atoms with Gasteiger partial charge in [-0.05, 0) is 126 Å². The summed E-state index contributed by atoms with van der Waals surface area (Å²) in [5.41, 5.74) is 33.7. The smallest absolute Gasteiger partial charge is 0.481 e. The molecular weight excluding hydrogens is 1370 g/mol. The van der Waals surface area contributed by atoms with Crippen molar-refractivity contribution >= 4 is 94.7 Å². The Labute approximate surface area is 597 Å². The summed E-state index contributed by atoms with van der Waals surface area (Å²) in [5, 5.41) is 54.4. The Morgan fingerprint density at radius 2 is 0.670 bits per heavy atom. The monoisotopic (exact) mass is 1480 g/mol. The number of alkyl halides is 3. The maximum absolute atomic E-state index is 14.5. The number of primary amides is 2. The van der Waals surface area contributed by atoms with Crippen LogP contribution in [0.2, 0.25) is 0 Å². The number of hydrogen-bond donors (Lipinski definition) is 20. The molecule has 103 heavy (non-hydrogen) atoms. The number of halogens is 3. The molecule has 0 rings (SSSR count). The Morgan fingerprint density at radius 1 is 0.369 bits per heavy atom. The van der Waals surface area contributed by atoms with Gasteiger partial charge in [0, 0.05) is 6.42 Å². The number of carboxylic acid groups (broad SMARTS) is 3. The largest absolute Gasteiger partial charge is 0.490 e. The van der Waals surface area contributed by atoms with Crippen molar-refractivity contribution in [1.82, 2.24) is 58.5 Å². The molecule has 0 bridgehead atoms. The van der Waals surface area contributed by atoms with Crippen LogP contribution in [0.3, 0.4) is 0 Å². The molecule has 0 fully saturated rings. The Hall–Kier alpha value is -8.85. The number of nitrogens with one attached hydrogen (secondary N) is 11. The lowest BCUT2D eigenvalue weighted by molar-refractivity contribution is -0.192. The highest BCUT2D eigenvalue weighted by atomic mass is 19.4. The van der Waals surface area contributed by atoms with E-state index in [4.69, 9.17) is 44.3 Å². The van der Waals surface area contributed by atoms with Gasteiger partial charge in [0.2, 0.25) is 76.8 Å². The van der Waals surface area contributed by atoms with E-state index in [1.165, 1.54) is 0 Å². The second kappa shape index (κ2) is 50.5. The van der Waals surface area contributed by atoms with Crippen molar-refractivity contribution in [2.75, 3.05) is 26.2 Å². The maximum Gasteiger partial charge on any atom is 0.490 e. The van der Waals surface area contributed by atoms with Gasteiger partial charge < -0.3 is 108 Å². The van der Waals surface area contributed by atoms with Crippen LogP contribution in [0.1, 0.15) is 178 Å². The van der Waals surface area contributed by atoms with Gasteiger partial charge in [0.15, 0.2) is 0 Å². The fourth-order valence-electron chi connectivity index (χ4n) is 9.86. The standard InChI is InChI=1S/C62H113N17O17.C2HF3O2/c1-11-35(9)50(79-61(94)51(36(10)12-2)78-55(88)40(22-23-45(67)80)72-59(92)49(34(7)8)77-54(87)37(19-13-16-24-63)69-47(82)31-66)60(93)75-42(29-46(68)81)57(90)71-38(20-14-17-25-64)52(85)70-39(21-15-18-26-65)53(86)73-41(27-32(3)4)56(89)74-43(30-48(83)84)58(91)76-44(62(95)96)28-33(5)6;3-2(4,5)1(6)7/h32-44,49-51H,11-31,63-66H2,1-10H3,(H2,67,80)(H2,68,81)(H,69,82)(H,70,85)(H,71,90)(H,72,92)(H,73,86)(H,74,89)(H,75,93)(H,76,91)(H,77,87)(H,78,88)(H,79,94)(H,83,84)(H,95,96);(H,6,7)/t35-,36-,37-,38-,39-,40-,41-,42-,43-,44-,49-,50-,51-;/m0./s1. The van der Waals surface area contributed by atoms with E-state index in [0.717, 1.165) is 0 Å². The molecular formula is C64H114F3N17O19. The van der Waals surface area contributed by atoms with Crippen LogP contribution in [0.4, 0.5) is 13.2 Å². The molecule has 0 aliphatic carbocycles. The van der Waals surface area contributed by atoms with Gasteiger partial charge >= 0.3 is 24.1 Å². The third-order valence-corrected chi connectivity index (χ3v) is 16.0. The van der Waals surface area contributed by atoms with Crippen molar-refractivity contribution in [2.45, 2.75) is 251 Å². The molecule has 590 valence electrons. The van der Waals surface area contributed by atoms with Gasteiger partial charge in [-0.1, -0.05) is 82.1 Å². The van der Waals surface area contributed by atoms with Gasteiger partial charge in [-0.3, -0.25) is 67.1 Å². The van der Waals surface area contributed by atoms with E-state index >= 15 is 0 Å². The summed E-state index contributed by atoms with van der Waals surface area (Å²) < 4.78 is 31.7. The Balaban J connectivity index is 0. The molecule has 0 unspecified atom stereocenters. The molecule has 0 saturated carbocycles. The van der Waals surface area contributed by atoms with Gasteiger partial charge in [-0.25, -0.2) is 9.59 Å². The number of amides is 13. The first-order valence-corrected chi connectivity index (χ1v) is 34.4. The van der Waals surface area contributed by atoms with Crippen molar-refractivity contribution in [3.05, 3.63) is 0 Å². The van der Waals surface area contributed by atoms with Crippen molar-refractivity contribution in [2.24, 2.45) is 64.0 Å². The summed E-state index contributed by atoms with van der Waals surface area (Å²) in [6.45, 7) is 16.9. The quantitative estimate of drug-likeness (QED) is 0.0267. The molecule has 13 amide bonds. The molecule has 13 atom stereocenters. The Kier molecular flexibility index (Phi) is 47.2. The third kappa shape index (κ3) is 40.0. The lowest BCUT2D eigenvalue weighted by Crippen LogP contribution is -2.62. The van der Waals surface area contributed by atoms with Crippen LogP contribution in [0.15, 0.2) is 0 Å². The van der Waals surface area contributed by atoms with E-state index in [1.807, 2.05) is 0 Å². The molecule has 0 aliphatic rings. The van der Waals surface area contributed by atoms with Crippen LogP contribution >= 0.6 is 0 Å². The van der Waals surface area contributed by atoms with Crippen molar-refractivity contribution in [3.63, 3.8) is 0 Å². The van der Waals surface area contributed by atoms with Gasteiger partial charge in [0.05, 0.1) is 19.4 Å². The van der Waals surface area contributed by atoms with Crippen molar-refractivity contribution in [3.8, 4) is 0 Å². The predicted molar refractivity (Wildman–Crippen MR) is 367 cm³/mol. The normalized spacial score (nSPS) is 15.1. The summed E-state index contributed by atoms with van der Waals surface area (Å²) >= 11 is 0. The zero-order valence-corrected chi connectivity index (χ0v) is 60.6. The van der Waals surface area contributed by atoms with Crippen molar-refractivity contribution < 1.29 is 105 Å². The van der Waals surface area contributed by atoms with E-state index in [1.54, 1.807) is 69.2 Å². The molecule has 0 heterocycles. The second-order valence-corrected chi connectivity index (χ2v) is 26.3. The summed E-state index contributed by atoms with van der Waals surface area (Å²) in [6, 6.07) is -16.2. The fourth-order valence-corrected chi connectivity index (χ4v) is 9.86. The van der Waals surface area contributed by atoms with E-state index in [0.29, 0.717) is 32.2 Å². The Bertz CT molecular complexity index is 2800. The van der Waals surface area contributed by atoms with Crippen LogP contribution in [-0.4, -0.2) is 209 Å². The number of carboxylic acids is 3. The minimum atomic E-state index is -5.08. The molecule has 0 aromatic rings. The molecule has 0 radical (unpaired) electrons. The van der Waals surface area contributed by atoms with Gasteiger partial charge in [-0.2, -0.15) is 13.2 Å². The molecule has 0 spiro atoms. The average molecular weight is 1480 g/mol. The second-order valence-electron chi connectivity index (χ2n) is 26.3. The number of rotatable bonds is 51. The van der Waals surface area contributed by atoms with E-state index in [-0.39, 0.29) is 89.1 Å². The minimum absolute atomic E-state index is 0.0168. The lowest BCUT2D eigenvalue weighted by Gasteiger charge is -2.31. The van der Waals surface area contributed by atoms with E-state index < -0.39 is 211 Å². The Morgan fingerprint density at radius 3 is 1.03 bits per heavy atom. The number of aliphatic carboxylic acids is 3. The molecule has 0 aromatic carbocycles. The molecule has 39 heteroatoms. The first-order chi connectivity index (χ1) is 48.0. The summed E-state index contributed by atoms with van der Waals surface area (Å²) in [4.78, 5) is 211. The zero-order valence-electron chi connectivity index (χ0n) is 60.6. The number of carbonyl (C=O) groups excluding carboxylic acids is 13. The number of carbonyl (C=O) groups is 16. The summed E-state index contributed by atoms with van der Waals surface area (Å²) in [6.07, 6.45) is -5.11. The fraction of sp³-hybridized carbons (Fsp3) is 0.750. The molecule has 26 N–H and O–H groups in total. The SMILES string of the molecule is CC[C@H](C)[C@H](NC(=O)[C@H](CCC(N)=O)NC(=O)[C@@H](NC(=O)[C@H](CCCCN)NC(=O)CN)C(C)C)C(=O)N[C@H](C(=O)N[C@@H](CC(N)=O)C(=O)N[C@@H](CCCCN)C(=O)N[C@@H](CCCCN)C(=O)N[C@@H](CC(C)C)C(=O)N[C@@H](CC(=O)O)C(=O)N[C@@H](CC(C)C)C(=O)O)[C@@H](C)CC.O=C(O)C(F)(F)F. The third-order valence-electron chi connectivity index (χ3n) is 16.0. The predicted octanol–water partition coefficient (Wildman–Crippen LogP) is -3.16. The number of nitrogens with two attached hydrogens (primary N) is 6. The van der Waals surface area contributed by atoms with Crippen molar-refractivity contribution in [1.29, 1.82) is 0 Å². The molecule has 36 nitrogen and oxygen atoms in total. The van der Waals surface area contributed by atoms with Crippen LogP contribution in [0.25, 0.3) is 0 Å². The highest BCUT2D eigenvalue weighted by Gasteiger charge is 2.41. The molecule has 0 saturated heterocycles. The van der Waals surface area contributed by atoms with Gasteiger partial charge in [0.1, 0.15) is 66.5 Å². The topological polar surface area (TPSA) is 622 Å². The van der Waals surface area contributed by atoms with Crippen LogP contribution in [0, 0.1) is 29.6 Å². The van der Waals surface area contributed by atoms with Gasteiger partial charge in [0.25, 0.3) is 0 Å². The summed E-state index contributed by atoms with van der Waals surface area (Å²) in [5.74, 6) is -20.2. The average Bonchev–Trinajstić information content (AvgIpc) is 0.848. The minimum Gasteiger partial charge on any atom is -0.481 e. The zero-order chi connectivity index (χ0) is 79.6. The highest BCUT2D eigenvalue weighted by molar-refractivity contribution is 6.00. The number of unbranched alkanes of at least 4 members (excludes halogenated alkanes) is 3. The van der Waals surface area contributed by atoms with E-state index in [2.05, 4.69) is 58.5 Å². The first kappa shape index (κ1) is 96.2. The first-order valence-electron chi connectivity index (χ1n) is 34.4. The molecule has 0 aromatic heterocycles. The van der Waals surface area contributed by atoms with Crippen LogP contribution in [-0.2, 0) is 76.7 Å². The summed E-state index contributed by atoms with van der Waals surface area (Å²) in [7, 11) is 0. The van der Waals surface area contributed by atoms with E-state index in [9.17, 15) is 95.3 Å². The molecule has 0 aliphatic heterocycles. The van der Waals surface area contributed by atoms with Crippen LogP contribution in [0.5, 0.6) is 0 Å².